The molecule has 0 fully saturated rings. The van der Waals surface area contributed by atoms with Gasteiger partial charge >= 0.3 is 0 Å². The van der Waals surface area contributed by atoms with Gasteiger partial charge in [-0.25, -0.2) is 0 Å². The number of carbonyl (C=O) groups is 2. The molecule has 2 rings (SSSR count). The van der Waals surface area contributed by atoms with Crippen LogP contribution in [0.1, 0.15) is 35.6 Å². The van der Waals surface area contributed by atoms with Crippen molar-refractivity contribution in [3.05, 3.63) is 63.7 Å². The number of hydrogen-bond donors (Lipinski definition) is 1. The molecule has 0 aliphatic rings. The highest BCUT2D eigenvalue weighted by Crippen LogP contribution is 2.23. The predicted molar refractivity (Wildman–Crippen MR) is 116 cm³/mol. The standard InChI is InChI=1S/C23H29ClN2O3/c1-6-20(23(28)25-5)26(13-18-7-9-19(24)10-8-18)22(27)14-29-21-12-15(2)11-16(3)17(21)4/h7-12,20H,6,13-14H2,1-5H3,(H,25,28). The summed E-state index contributed by atoms with van der Waals surface area (Å²) in [4.78, 5) is 27.0. The average Bonchev–Trinajstić information content (AvgIpc) is 2.70. The number of nitrogens with zero attached hydrogens (tertiary/aromatic N) is 1. The van der Waals surface area contributed by atoms with Crippen molar-refractivity contribution in [1.82, 2.24) is 10.2 Å². The molecule has 29 heavy (non-hydrogen) atoms. The molecule has 1 N–H and O–H groups in total. The van der Waals surface area contributed by atoms with E-state index in [0.29, 0.717) is 23.7 Å². The number of carbonyl (C=O) groups excluding carboxylic acids is 2. The van der Waals surface area contributed by atoms with Crippen LogP contribution in [0.2, 0.25) is 5.02 Å². The van der Waals surface area contributed by atoms with Crippen molar-refractivity contribution < 1.29 is 14.3 Å². The van der Waals surface area contributed by atoms with Crippen LogP contribution >= 0.6 is 11.6 Å². The van der Waals surface area contributed by atoms with E-state index >= 15 is 0 Å². The average molecular weight is 417 g/mol. The quantitative estimate of drug-likeness (QED) is 0.701. The Morgan fingerprint density at radius 1 is 1.14 bits per heavy atom. The molecule has 5 nitrogen and oxygen atoms in total. The summed E-state index contributed by atoms with van der Waals surface area (Å²) in [7, 11) is 1.57. The van der Waals surface area contributed by atoms with Gasteiger partial charge in [0.1, 0.15) is 11.8 Å². The molecule has 6 heteroatoms. The molecule has 1 atom stereocenters. The van der Waals surface area contributed by atoms with Crippen LogP contribution in [0.25, 0.3) is 0 Å². The van der Waals surface area contributed by atoms with Crippen LogP contribution in [-0.4, -0.2) is 36.4 Å². The van der Waals surface area contributed by atoms with Crippen molar-refractivity contribution in [2.24, 2.45) is 0 Å². The molecule has 0 saturated heterocycles. The van der Waals surface area contributed by atoms with Gasteiger partial charge in [-0.1, -0.05) is 36.7 Å². The molecule has 0 aliphatic heterocycles. The Bertz CT molecular complexity index is 865. The Morgan fingerprint density at radius 3 is 2.38 bits per heavy atom. The lowest BCUT2D eigenvalue weighted by Crippen LogP contribution is -2.49. The molecule has 0 radical (unpaired) electrons. The maximum absolute atomic E-state index is 13.1. The summed E-state index contributed by atoms with van der Waals surface area (Å²) in [5.74, 6) is 0.252. The van der Waals surface area contributed by atoms with Crippen LogP contribution < -0.4 is 10.1 Å². The van der Waals surface area contributed by atoms with Gasteiger partial charge in [0.25, 0.3) is 5.91 Å². The lowest BCUT2D eigenvalue weighted by atomic mass is 10.1. The second kappa shape index (κ2) is 10.3. The molecule has 0 saturated carbocycles. The summed E-state index contributed by atoms with van der Waals surface area (Å²) < 4.78 is 5.86. The van der Waals surface area contributed by atoms with Crippen LogP contribution in [-0.2, 0) is 16.1 Å². The largest absolute Gasteiger partial charge is 0.483 e. The maximum atomic E-state index is 13.1. The smallest absolute Gasteiger partial charge is 0.261 e. The Balaban J connectivity index is 2.23. The first-order valence-electron chi connectivity index (χ1n) is 9.73. The Hall–Kier alpha value is -2.53. The zero-order valence-electron chi connectivity index (χ0n) is 17.7. The summed E-state index contributed by atoms with van der Waals surface area (Å²) in [6, 6.07) is 10.7. The zero-order chi connectivity index (χ0) is 21.6. The minimum atomic E-state index is -0.577. The number of halogens is 1. The number of aryl methyl sites for hydroxylation is 2. The van der Waals surface area contributed by atoms with Gasteiger partial charge in [-0.2, -0.15) is 0 Å². The molecule has 0 spiro atoms. The van der Waals surface area contributed by atoms with Crippen LogP contribution in [0.5, 0.6) is 5.75 Å². The SMILES string of the molecule is CCC(C(=O)NC)N(Cc1ccc(Cl)cc1)C(=O)COc1cc(C)cc(C)c1C. The molecule has 0 heterocycles. The van der Waals surface area contributed by atoms with E-state index in [9.17, 15) is 9.59 Å². The summed E-state index contributed by atoms with van der Waals surface area (Å²) in [5.41, 5.74) is 4.09. The molecule has 0 aliphatic carbocycles. The van der Waals surface area contributed by atoms with Crippen molar-refractivity contribution in [2.75, 3.05) is 13.7 Å². The zero-order valence-corrected chi connectivity index (χ0v) is 18.5. The number of amides is 2. The summed E-state index contributed by atoms with van der Waals surface area (Å²) >= 11 is 5.97. The van der Waals surface area contributed by atoms with E-state index in [-0.39, 0.29) is 18.4 Å². The lowest BCUT2D eigenvalue weighted by Gasteiger charge is -2.30. The number of likely N-dealkylation sites (N-methyl/N-ethyl adjacent to an activating group) is 1. The van der Waals surface area contributed by atoms with E-state index in [1.807, 2.05) is 45.9 Å². The molecule has 2 amide bonds. The third-order valence-corrected chi connectivity index (χ3v) is 5.27. The second-order valence-corrected chi connectivity index (χ2v) is 7.62. The minimum absolute atomic E-state index is 0.134. The first-order valence-corrected chi connectivity index (χ1v) is 10.1. The van der Waals surface area contributed by atoms with Crippen molar-refractivity contribution in [2.45, 2.75) is 46.7 Å². The fraction of sp³-hybridized carbons (Fsp3) is 0.391. The van der Waals surface area contributed by atoms with Gasteiger partial charge in [0.05, 0.1) is 0 Å². The number of ether oxygens (including phenoxy) is 1. The molecular formula is C23H29ClN2O3. The van der Waals surface area contributed by atoms with Crippen LogP contribution in [0, 0.1) is 20.8 Å². The van der Waals surface area contributed by atoms with Crippen molar-refractivity contribution in [3.63, 3.8) is 0 Å². The first kappa shape index (κ1) is 22.8. The fourth-order valence-electron chi connectivity index (χ4n) is 3.25. The van der Waals surface area contributed by atoms with Crippen molar-refractivity contribution in [1.29, 1.82) is 0 Å². The topological polar surface area (TPSA) is 58.6 Å². The second-order valence-electron chi connectivity index (χ2n) is 7.18. The summed E-state index contributed by atoms with van der Waals surface area (Å²) in [6.45, 7) is 8.04. The van der Waals surface area contributed by atoms with Crippen molar-refractivity contribution in [3.8, 4) is 5.75 Å². The van der Waals surface area contributed by atoms with Gasteiger partial charge in [-0.3, -0.25) is 9.59 Å². The number of rotatable bonds is 8. The summed E-state index contributed by atoms with van der Waals surface area (Å²) in [6.07, 6.45) is 0.502. The molecule has 2 aromatic carbocycles. The van der Waals surface area contributed by atoms with E-state index in [0.717, 1.165) is 22.3 Å². The van der Waals surface area contributed by atoms with E-state index in [4.69, 9.17) is 16.3 Å². The Kier molecular flexibility index (Phi) is 8.09. The van der Waals surface area contributed by atoms with E-state index in [1.54, 1.807) is 24.1 Å². The van der Waals surface area contributed by atoms with Gasteiger partial charge in [0, 0.05) is 18.6 Å². The Morgan fingerprint density at radius 2 is 1.79 bits per heavy atom. The molecule has 0 aromatic heterocycles. The predicted octanol–water partition coefficient (Wildman–Crippen LogP) is 4.20. The van der Waals surface area contributed by atoms with Crippen LogP contribution in [0.15, 0.2) is 36.4 Å². The highest BCUT2D eigenvalue weighted by molar-refractivity contribution is 6.30. The molecule has 0 bridgehead atoms. The first-order chi connectivity index (χ1) is 13.8. The van der Waals surface area contributed by atoms with Crippen LogP contribution in [0.4, 0.5) is 0 Å². The van der Waals surface area contributed by atoms with Crippen LogP contribution in [0.3, 0.4) is 0 Å². The number of benzene rings is 2. The lowest BCUT2D eigenvalue weighted by molar-refractivity contribution is -0.142. The summed E-state index contributed by atoms with van der Waals surface area (Å²) in [5, 5.41) is 3.27. The number of nitrogens with one attached hydrogen (secondary N) is 1. The van der Waals surface area contributed by atoms with Gasteiger partial charge in [-0.15, -0.1) is 0 Å². The third-order valence-electron chi connectivity index (χ3n) is 5.01. The van der Waals surface area contributed by atoms with E-state index in [2.05, 4.69) is 11.4 Å². The third kappa shape index (κ3) is 5.97. The molecule has 156 valence electrons. The van der Waals surface area contributed by atoms with Gasteiger partial charge < -0.3 is 15.0 Å². The minimum Gasteiger partial charge on any atom is -0.483 e. The van der Waals surface area contributed by atoms with E-state index in [1.165, 1.54) is 0 Å². The fourth-order valence-corrected chi connectivity index (χ4v) is 3.37. The highest BCUT2D eigenvalue weighted by Gasteiger charge is 2.28. The normalized spacial score (nSPS) is 11.7. The van der Waals surface area contributed by atoms with Gasteiger partial charge in [0.15, 0.2) is 6.61 Å². The molecular weight excluding hydrogens is 388 g/mol. The molecule has 2 aromatic rings. The highest BCUT2D eigenvalue weighted by atomic mass is 35.5. The molecule has 1 unspecified atom stereocenters. The van der Waals surface area contributed by atoms with E-state index < -0.39 is 6.04 Å². The number of hydrogen-bond acceptors (Lipinski definition) is 3. The maximum Gasteiger partial charge on any atom is 0.261 e. The van der Waals surface area contributed by atoms with Gasteiger partial charge in [-0.05, 0) is 67.6 Å². The Labute approximate surface area is 178 Å². The van der Waals surface area contributed by atoms with Gasteiger partial charge in [0.2, 0.25) is 5.91 Å². The van der Waals surface area contributed by atoms with Crippen molar-refractivity contribution >= 4 is 23.4 Å². The monoisotopic (exact) mass is 416 g/mol.